The van der Waals surface area contributed by atoms with Gasteiger partial charge < -0.3 is 20.7 Å². The molecule has 1 aliphatic rings. The number of aromatic nitrogens is 1. The van der Waals surface area contributed by atoms with Gasteiger partial charge in [0.2, 0.25) is 11.8 Å². The molecule has 2 amide bonds. The summed E-state index contributed by atoms with van der Waals surface area (Å²) in [5.41, 5.74) is 5.70. The van der Waals surface area contributed by atoms with E-state index < -0.39 is 17.7 Å². The highest BCUT2D eigenvalue weighted by molar-refractivity contribution is 7.22. The Morgan fingerprint density at radius 2 is 2.00 bits per heavy atom. The number of fused-ring (bicyclic) bond motifs is 1. The lowest BCUT2D eigenvalue weighted by atomic mass is 9.73. The van der Waals surface area contributed by atoms with Crippen LogP contribution in [0.4, 0.5) is 18.3 Å². The molecule has 0 bridgehead atoms. The van der Waals surface area contributed by atoms with E-state index in [-0.39, 0.29) is 29.9 Å². The molecule has 164 valence electrons. The van der Waals surface area contributed by atoms with Crippen LogP contribution in [0, 0.1) is 5.41 Å². The molecule has 1 saturated carbocycles. The van der Waals surface area contributed by atoms with Crippen LogP contribution in [0.3, 0.4) is 0 Å². The molecule has 0 unspecified atom stereocenters. The van der Waals surface area contributed by atoms with Crippen molar-refractivity contribution in [3.63, 3.8) is 0 Å². The van der Waals surface area contributed by atoms with Gasteiger partial charge >= 0.3 is 6.36 Å². The minimum Gasteiger partial charge on any atom is -0.406 e. The fraction of sp³-hybridized carbons (Fsp3) is 0.526. The number of nitrogens with two attached hydrogens (primary N) is 1. The van der Waals surface area contributed by atoms with E-state index in [4.69, 9.17) is 5.73 Å². The maximum Gasteiger partial charge on any atom is 0.573 e. The van der Waals surface area contributed by atoms with E-state index in [0.717, 1.165) is 36.7 Å². The predicted molar refractivity (Wildman–Crippen MR) is 107 cm³/mol. The van der Waals surface area contributed by atoms with Crippen molar-refractivity contribution >= 4 is 38.5 Å². The third kappa shape index (κ3) is 5.20. The number of amides is 2. The maximum atomic E-state index is 12.9. The van der Waals surface area contributed by atoms with Gasteiger partial charge in [0.25, 0.3) is 0 Å². The average Bonchev–Trinajstić information content (AvgIpc) is 3.07. The van der Waals surface area contributed by atoms with Crippen LogP contribution in [0.1, 0.15) is 32.1 Å². The Balaban J connectivity index is 1.64. The molecule has 0 radical (unpaired) electrons. The lowest BCUT2D eigenvalue weighted by Gasteiger charge is -2.37. The molecule has 1 aliphatic carbocycles. The number of hydrogen-bond acceptors (Lipinski definition) is 6. The molecule has 3 rings (SSSR count). The quantitative estimate of drug-likeness (QED) is 0.711. The summed E-state index contributed by atoms with van der Waals surface area (Å²) >= 11 is 1.02. The van der Waals surface area contributed by atoms with Crippen molar-refractivity contribution < 1.29 is 27.5 Å². The molecule has 11 heteroatoms. The van der Waals surface area contributed by atoms with Gasteiger partial charge in [0.1, 0.15) is 5.75 Å². The van der Waals surface area contributed by atoms with Crippen LogP contribution in [0.25, 0.3) is 10.2 Å². The second-order valence-electron chi connectivity index (χ2n) is 7.45. The summed E-state index contributed by atoms with van der Waals surface area (Å²) in [5.74, 6) is -0.945. The first-order valence-electron chi connectivity index (χ1n) is 9.54. The number of nitrogens with zero attached hydrogens (tertiary/aromatic N) is 2. The topological polar surface area (TPSA) is 97.5 Å². The molecule has 1 aromatic heterocycles. The van der Waals surface area contributed by atoms with E-state index in [1.54, 1.807) is 7.05 Å². The van der Waals surface area contributed by atoms with Gasteiger partial charge in [-0.3, -0.25) is 9.59 Å². The van der Waals surface area contributed by atoms with Crippen LogP contribution >= 0.6 is 11.3 Å². The van der Waals surface area contributed by atoms with Gasteiger partial charge in [-0.2, -0.15) is 0 Å². The minimum atomic E-state index is -4.79. The number of thiazole rings is 1. The van der Waals surface area contributed by atoms with Crippen LogP contribution in [0.5, 0.6) is 5.75 Å². The highest BCUT2D eigenvalue weighted by Gasteiger charge is 2.40. The lowest BCUT2D eigenvalue weighted by molar-refractivity contribution is -0.274. The number of rotatable bonds is 6. The van der Waals surface area contributed by atoms with Crippen LogP contribution in [0.15, 0.2) is 18.2 Å². The Labute approximate surface area is 175 Å². The number of anilines is 1. The zero-order valence-corrected chi connectivity index (χ0v) is 17.2. The van der Waals surface area contributed by atoms with Gasteiger partial charge in [0.15, 0.2) is 5.13 Å². The van der Waals surface area contributed by atoms with Crippen molar-refractivity contribution in [3.05, 3.63) is 18.2 Å². The Bertz CT molecular complexity index is 925. The van der Waals surface area contributed by atoms with Crippen LogP contribution in [-0.2, 0) is 9.59 Å². The summed E-state index contributed by atoms with van der Waals surface area (Å²) in [5, 5.41) is 2.83. The molecular formula is C19H23F3N4O3S. The standard InChI is InChI=1S/C19H23F3N4O3S/c1-26(16(28)18(11-23)7-3-2-4-8-18)10-15(27)25-17-24-13-6-5-12(9-14(13)30-17)29-19(20,21)22/h5-6,9H,2-4,7-8,10-11,23H2,1H3,(H,24,25,27). The van der Waals surface area contributed by atoms with Crippen molar-refractivity contribution in [1.29, 1.82) is 0 Å². The van der Waals surface area contributed by atoms with E-state index in [9.17, 15) is 22.8 Å². The van der Waals surface area contributed by atoms with Crippen molar-refractivity contribution in [2.24, 2.45) is 11.1 Å². The largest absolute Gasteiger partial charge is 0.573 e. The highest BCUT2D eigenvalue weighted by Crippen LogP contribution is 2.37. The summed E-state index contributed by atoms with van der Waals surface area (Å²) in [4.78, 5) is 30.8. The molecule has 3 N–H and O–H groups in total. The molecule has 1 aromatic carbocycles. The molecule has 0 atom stereocenters. The SMILES string of the molecule is CN(CC(=O)Nc1nc2ccc(OC(F)(F)F)cc2s1)C(=O)C1(CN)CCCCC1. The van der Waals surface area contributed by atoms with Gasteiger partial charge in [-0.05, 0) is 25.0 Å². The summed E-state index contributed by atoms with van der Waals surface area (Å²) < 4.78 is 41.4. The number of hydrogen-bond donors (Lipinski definition) is 2. The summed E-state index contributed by atoms with van der Waals surface area (Å²) in [6.45, 7) is 0.0803. The van der Waals surface area contributed by atoms with Crippen molar-refractivity contribution in [2.45, 2.75) is 38.5 Å². The Morgan fingerprint density at radius 3 is 2.63 bits per heavy atom. The zero-order chi connectivity index (χ0) is 21.9. The molecule has 0 spiro atoms. The number of halogens is 3. The van der Waals surface area contributed by atoms with Crippen LogP contribution < -0.4 is 15.8 Å². The second kappa shape index (κ2) is 8.76. The van der Waals surface area contributed by atoms with Gasteiger partial charge in [-0.1, -0.05) is 30.6 Å². The fourth-order valence-corrected chi connectivity index (χ4v) is 4.65. The van der Waals surface area contributed by atoms with Gasteiger partial charge in [-0.25, -0.2) is 4.98 Å². The van der Waals surface area contributed by atoms with Crippen molar-refractivity contribution in [3.8, 4) is 5.75 Å². The third-order valence-corrected chi connectivity index (χ3v) is 6.16. The van der Waals surface area contributed by atoms with Crippen molar-refractivity contribution in [2.75, 3.05) is 25.5 Å². The van der Waals surface area contributed by atoms with E-state index >= 15 is 0 Å². The first kappa shape index (κ1) is 22.3. The monoisotopic (exact) mass is 444 g/mol. The molecule has 0 aliphatic heterocycles. The van der Waals surface area contributed by atoms with Crippen LogP contribution in [-0.4, -0.2) is 48.2 Å². The normalized spacial score (nSPS) is 16.3. The number of benzene rings is 1. The van der Waals surface area contributed by atoms with E-state index in [1.807, 2.05) is 0 Å². The Hall–Kier alpha value is -2.40. The number of ether oxygens (including phenoxy) is 1. The number of carbonyl (C=O) groups excluding carboxylic acids is 2. The molecule has 2 aromatic rings. The lowest BCUT2D eigenvalue weighted by Crippen LogP contribution is -2.49. The van der Waals surface area contributed by atoms with Crippen LogP contribution in [0.2, 0.25) is 0 Å². The van der Waals surface area contributed by atoms with Gasteiger partial charge in [-0.15, -0.1) is 13.2 Å². The number of likely N-dealkylation sites (N-methyl/N-ethyl adjacent to an activating group) is 1. The van der Waals surface area contributed by atoms with E-state index in [0.29, 0.717) is 23.1 Å². The number of alkyl halides is 3. The summed E-state index contributed by atoms with van der Waals surface area (Å²) in [6, 6.07) is 3.75. The molecular weight excluding hydrogens is 421 g/mol. The van der Waals surface area contributed by atoms with E-state index in [2.05, 4.69) is 15.0 Å². The predicted octanol–water partition coefficient (Wildman–Crippen LogP) is 3.50. The molecule has 1 fully saturated rings. The summed E-state index contributed by atoms with van der Waals surface area (Å²) in [7, 11) is 1.56. The number of carbonyl (C=O) groups is 2. The Kier molecular flexibility index (Phi) is 6.51. The Morgan fingerprint density at radius 1 is 1.30 bits per heavy atom. The zero-order valence-electron chi connectivity index (χ0n) is 16.4. The minimum absolute atomic E-state index is 0.141. The molecule has 30 heavy (non-hydrogen) atoms. The van der Waals surface area contributed by atoms with Crippen molar-refractivity contribution in [1.82, 2.24) is 9.88 Å². The smallest absolute Gasteiger partial charge is 0.406 e. The van der Waals surface area contributed by atoms with Gasteiger partial charge in [0, 0.05) is 19.7 Å². The first-order valence-corrected chi connectivity index (χ1v) is 10.4. The average molecular weight is 444 g/mol. The number of nitrogens with one attached hydrogen (secondary N) is 1. The fourth-order valence-electron chi connectivity index (χ4n) is 3.74. The third-order valence-electron chi connectivity index (χ3n) is 5.22. The molecule has 0 saturated heterocycles. The van der Waals surface area contributed by atoms with Gasteiger partial charge in [0.05, 0.1) is 22.2 Å². The summed E-state index contributed by atoms with van der Waals surface area (Å²) in [6.07, 6.45) is -0.398. The molecule has 1 heterocycles. The first-order chi connectivity index (χ1) is 14.1. The molecule has 7 nitrogen and oxygen atoms in total. The highest BCUT2D eigenvalue weighted by atomic mass is 32.1. The maximum absolute atomic E-state index is 12.9. The second-order valence-corrected chi connectivity index (χ2v) is 8.48. The van der Waals surface area contributed by atoms with E-state index in [1.165, 1.54) is 17.0 Å².